The van der Waals surface area contributed by atoms with Crippen molar-refractivity contribution < 1.29 is 35.4 Å². The molecule has 0 aromatic heterocycles. The maximum atomic E-state index is 11.2. The Morgan fingerprint density at radius 3 is 1.29 bits per heavy atom. The third-order valence-corrected chi connectivity index (χ3v) is 5.06. The largest absolute Gasteiger partial charge is 0.472 e. The van der Waals surface area contributed by atoms with Gasteiger partial charge in [0.05, 0.1) is 0 Å². The highest BCUT2D eigenvalue weighted by atomic mass is 32.2. The van der Waals surface area contributed by atoms with Crippen molar-refractivity contribution in [1.29, 1.82) is 0 Å². The van der Waals surface area contributed by atoms with Crippen molar-refractivity contribution >= 4 is 20.2 Å². The summed E-state index contributed by atoms with van der Waals surface area (Å²) in [5, 5.41) is 0. The van der Waals surface area contributed by atoms with Crippen molar-refractivity contribution in [2.24, 2.45) is 0 Å². The van der Waals surface area contributed by atoms with Crippen LogP contribution in [-0.2, 0) is 20.2 Å². The van der Waals surface area contributed by atoms with Crippen molar-refractivity contribution in [3.8, 4) is 11.5 Å². The lowest BCUT2D eigenvalue weighted by atomic mass is 10.3. The molecule has 2 unspecified atom stereocenters. The maximum Gasteiger partial charge on any atom is 0.303 e. The first-order valence-electron chi connectivity index (χ1n) is 7.43. The minimum atomic E-state index is -4.35. The van der Waals surface area contributed by atoms with Gasteiger partial charge in [-0.15, -0.1) is 0 Å². The Bertz CT molecular complexity index is 647. The van der Waals surface area contributed by atoms with Crippen LogP contribution in [-0.4, -0.2) is 36.8 Å². The predicted octanol–water partition coefficient (Wildman–Crippen LogP) is 2.47. The minimum absolute atomic E-state index is 0.123. The van der Waals surface area contributed by atoms with Gasteiger partial charge >= 0.3 is 20.2 Å². The molecular formula is C14H22O8S2. The van der Waals surface area contributed by atoms with Gasteiger partial charge < -0.3 is 9.47 Å². The molecule has 0 saturated carbocycles. The molecule has 0 spiro atoms. The predicted molar refractivity (Wildman–Crippen MR) is 88.2 cm³/mol. The summed E-state index contributed by atoms with van der Waals surface area (Å²) >= 11 is 0. The van der Waals surface area contributed by atoms with E-state index in [0.717, 1.165) is 0 Å². The fraction of sp³-hybridized carbons (Fsp3) is 0.571. The number of benzene rings is 1. The highest BCUT2D eigenvalue weighted by molar-refractivity contribution is 7.86. The van der Waals surface area contributed by atoms with E-state index < -0.39 is 31.1 Å². The van der Waals surface area contributed by atoms with E-state index in [1.807, 2.05) is 0 Å². The molecule has 0 amide bonds. The smallest absolute Gasteiger partial charge is 0.303 e. The molecule has 0 bridgehead atoms. The molecule has 8 nitrogen and oxygen atoms in total. The molecule has 0 aliphatic carbocycles. The first kappa shape index (κ1) is 20.7. The fourth-order valence-electron chi connectivity index (χ4n) is 1.91. The molecular weight excluding hydrogens is 360 g/mol. The van der Waals surface area contributed by atoms with Crippen LogP contribution in [0.25, 0.3) is 0 Å². The summed E-state index contributed by atoms with van der Waals surface area (Å²) in [4.78, 5) is 0. The van der Waals surface area contributed by atoms with Crippen LogP contribution in [0.3, 0.4) is 0 Å². The number of hydrogen-bond donors (Lipinski definition) is 2. The SMILES string of the molecule is CCCC(Oc1ccc(OC(CCC)S(=O)(=O)O)cc1)S(=O)(=O)O. The number of hydrogen-bond acceptors (Lipinski definition) is 6. The quantitative estimate of drug-likeness (QED) is 0.591. The second-order valence-electron chi connectivity index (χ2n) is 5.17. The fourth-order valence-corrected chi connectivity index (χ4v) is 3.44. The van der Waals surface area contributed by atoms with Crippen molar-refractivity contribution in [3.05, 3.63) is 24.3 Å². The highest BCUT2D eigenvalue weighted by Crippen LogP contribution is 2.23. The zero-order chi connectivity index (χ0) is 18.4. The lowest BCUT2D eigenvalue weighted by Gasteiger charge is -2.17. The Morgan fingerprint density at radius 1 is 0.792 bits per heavy atom. The zero-order valence-electron chi connectivity index (χ0n) is 13.5. The summed E-state index contributed by atoms with van der Waals surface area (Å²) in [5.41, 5.74) is -2.75. The standard InChI is InChI=1S/C14H22O8S2/c1-3-5-13(23(15,16)17)21-11-7-9-12(10-8-11)22-14(6-4-2)24(18,19)20/h7-10,13-14H,3-6H2,1-2H3,(H,15,16,17)(H,18,19,20). The van der Waals surface area contributed by atoms with Crippen LogP contribution in [0, 0.1) is 0 Å². The van der Waals surface area contributed by atoms with Gasteiger partial charge in [-0.2, -0.15) is 16.8 Å². The van der Waals surface area contributed by atoms with E-state index in [2.05, 4.69) is 0 Å². The first-order chi connectivity index (χ1) is 11.1. The van der Waals surface area contributed by atoms with Gasteiger partial charge in [0.25, 0.3) is 0 Å². The molecule has 10 heteroatoms. The van der Waals surface area contributed by atoms with Gasteiger partial charge in [-0.25, -0.2) is 0 Å². The lowest BCUT2D eigenvalue weighted by molar-refractivity contribution is 0.239. The average Bonchev–Trinajstić information content (AvgIpc) is 2.46. The van der Waals surface area contributed by atoms with E-state index in [1.54, 1.807) is 13.8 Å². The molecule has 24 heavy (non-hydrogen) atoms. The van der Waals surface area contributed by atoms with Crippen LogP contribution in [0.1, 0.15) is 39.5 Å². The number of ether oxygens (including phenoxy) is 2. The van der Waals surface area contributed by atoms with Crippen molar-refractivity contribution in [1.82, 2.24) is 0 Å². The van der Waals surface area contributed by atoms with Gasteiger partial charge in [0, 0.05) is 12.8 Å². The monoisotopic (exact) mass is 382 g/mol. The van der Waals surface area contributed by atoms with Gasteiger partial charge in [0.15, 0.2) is 0 Å². The van der Waals surface area contributed by atoms with Gasteiger partial charge in [-0.1, -0.05) is 26.7 Å². The van der Waals surface area contributed by atoms with Gasteiger partial charge in [0.2, 0.25) is 10.9 Å². The maximum absolute atomic E-state index is 11.2. The van der Waals surface area contributed by atoms with E-state index in [0.29, 0.717) is 12.8 Å². The average molecular weight is 382 g/mol. The summed E-state index contributed by atoms with van der Waals surface area (Å²) in [7, 11) is -8.69. The molecule has 0 aliphatic heterocycles. The summed E-state index contributed by atoms with van der Waals surface area (Å²) in [5.74, 6) is 0.356. The summed E-state index contributed by atoms with van der Waals surface area (Å²) < 4.78 is 73.6. The zero-order valence-corrected chi connectivity index (χ0v) is 15.1. The molecule has 1 aromatic rings. The Morgan fingerprint density at radius 2 is 1.08 bits per heavy atom. The Balaban J connectivity index is 2.85. The molecule has 1 rings (SSSR count). The van der Waals surface area contributed by atoms with Crippen LogP contribution in [0.2, 0.25) is 0 Å². The Hall–Kier alpha value is -1.36. The Kier molecular flexibility index (Phi) is 7.46. The van der Waals surface area contributed by atoms with E-state index in [4.69, 9.17) is 18.6 Å². The van der Waals surface area contributed by atoms with Gasteiger partial charge in [-0.3, -0.25) is 9.11 Å². The van der Waals surface area contributed by atoms with Crippen LogP contribution < -0.4 is 9.47 Å². The van der Waals surface area contributed by atoms with Gasteiger partial charge in [0.1, 0.15) is 11.5 Å². The molecule has 2 atom stereocenters. The van der Waals surface area contributed by atoms with Crippen molar-refractivity contribution in [2.45, 2.75) is 50.4 Å². The van der Waals surface area contributed by atoms with Crippen LogP contribution >= 0.6 is 0 Å². The van der Waals surface area contributed by atoms with E-state index >= 15 is 0 Å². The van der Waals surface area contributed by atoms with E-state index in [9.17, 15) is 16.8 Å². The highest BCUT2D eigenvalue weighted by Gasteiger charge is 2.25. The van der Waals surface area contributed by atoms with E-state index in [-0.39, 0.29) is 24.3 Å². The third kappa shape index (κ3) is 6.63. The van der Waals surface area contributed by atoms with Crippen LogP contribution in [0.15, 0.2) is 24.3 Å². The molecule has 0 heterocycles. The normalized spacial score (nSPS) is 14.8. The summed E-state index contributed by atoms with van der Waals surface area (Å²) in [6, 6.07) is 5.54. The minimum Gasteiger partial charge on any atom is -0.472 e. The van der Waals surface area contributed by atoms with Crippen LogP contribution in [0.5, 0.6) is 11.5 Å². The summed E-state index contributed by atoms with van der Waals surface area (Å²) in [6.45, 7) is 3.50. The molecule has 138 valence electrons. The third-order valence-electron chi connectivity index (χ3n) is 3.07. The number of rotatable bonds is 10. The van der Waals surface area contributed by atoms with Crippen molar-refractivity contribution in [2.75, 3.05) is 0 Å². The van der Waals surface area contributed by atoms with Gasteiger partial charge in [-0.05, 0) is 24.3 Å². The molecule has 1 aromatic carbocycles. The molecule has 0 aliphatic rings. The Labute approximate surface area is 142 Å². The first-order valence-corrected chi connectivity index (χ1v) is 10.4. The molecule has 0 fully saturated rings. The topological polar surface area (TPSA) is 127 Å². The van der Waals surface area contributed by atoms with E-state index in [1.165, 1.54) is 24.3 Å². The van der Waals surface area contributed by atoms with Crippen LogP contribution in [0.4, 0.5) is 0 Å². The molecule has 2 N–H and O–H groups in total. The molecule has 0 radical (unpaired) electrons. The summed E-state index contributed by atoms with van der Waals surface area (Å²) in [6.07, 6.45) is 1.24. The second-order valence-corrected chi connectivity index (χ2v) is 8.28. The second kappa shape index (κ2) is 8.65. The molecule has 0 saturated heterocycles. The lowest BCUT2D eigenvalue weighted by Crippen LogP contribution is -2.27. The van der Waals surface area contributed by atoms with Crippen molar-refractivity contribution in [3.63, 3.8) is 0 Å².